The Hall–Kier alpha value is -0.820. The van der Waals surface area contributed by atoms with Crippen LogP contribution < -0.4 is 0 Å². The molecule has 1 aliphatic rings. The van der Waals surface area contributed by atoms with Gasteiger partial charge in [-0.1, -0.05) is 57.0 Å². The molecule has 1 aromatic carbocycles. The molecule has 0 heterocycles. The first-order valence-electron chi connectivity index (χ1n) is 7.40. The zero-order valence-electron chi connectivity index (χ0n) is 11.7. The summed E-state index contributed by atoms with van der Waals surface area (Å²) in [5.41, 5.74) is 0.760. The average molecular weight is 246 g/mol. The predicted molar refractivity (Wildman–Crippen MR) is 76.5 cm³/mol. The molecule has 100 valence electrons. The summed E-state index contributed by atoms with van der Waals surface area (Å²) in [4.78, 5) is 0. The highest BCUT2D eigenvalue weighted by Gasteiger charge is 2.37. The number of aliphatic hydroxyl groups is 1. The van der Waals surface area contributed by atoms with Crippen LogP contribution in [0.25, 0.3) is 0 Å². The Labute approximate surface area is 111 Å². The Kier molecular flexibility index (Phi) is 4.45. The average Bonchev–Trinajstić information content (AvgIpc) is 2.40. The molecule has 1 nitrogen and oxygen atoms in total. The van der Waals surface area contributed by atoms with Crippen molar-refractivity contribution in [3.8, 4) is 0 Å². The topological polar surface area (TPSA) is 20.2 Å². The van der Waals surface area contributed by atoms with Gasteiger partial charge in [0, 0.05) is 6.42 Å². The van der Waals surface area contributed by atoms with Crippen molar-refractivity contribution in [2.45, 2.75) is 58.0 Å². The second kappa shape index (κ2) is 5.88. The molecular formula is C17H26O. The molecule has 0 radical (unpaired) electrons. The Morgan fingerprint density at radius 3 is 2.56 bits per heavy atom. The summed E-state index contributed by atoms with van der Waals surface area (Å²) in [5.74, 6) is 1.25. The third-order valence-electron chi connectivity index (χ3n) is 4.66. The van der Waals surface area contributed by atoms with Crippen molar-refractivity contribution in [3.05, 3.63) is 35.9 Å². The zero-order chi connectivity index (χ0) is 13.0. The van der Waals surface area contributed by atoms with Gasteiger partial charge in [0.25, 0.3) is 0 Å². The van der Waals surface area contributed by atoms with Gasteiger partial charge in [0.15, 0.2) is 0 Å². The minimum absolute atomic E-state index is 0.478. The van der Waals surface area contributed by atoms with Gasteiger partial charge in [-0.3, -0.25) is 0 Å². The van der Waals surface area contributed by atoms with Crippen molar-refractivity contribution in [2.75, 3.05) is 0 Å². The minimum Gasteiger partial charge on any atom is -0.389 e. The van der Waals surface area contributed by atoms with Gasteiger partial charge < -0.3 is 5.11 Å². The summed E-state index contributed by atoms with van der Waals surface area (Å²) in [6.45, 7) is 4.45. The van der Waals surface area contributed by atoms with Crippen molar-refractivity contribution in [3.63, 3.8) is 0 Å². The maximum Gasteiger partial charge on any atom is 0.0713 e. The quantitative estimate of drug-likeness (QED) is 0.844. The predicted octanol–water partition coefficient (Wildman–Crippen LogP) is 4.20. The molecule has 1 heteroatoms. The molecule has 3 unspecified atom stereocenters. The van der Waals surface area contributed by atoms with E-state index in [1.54, 1.807) is 0 Å². The van der Waals surface area contributed by atoms with Gasteiger partial charge in [0.2, 0.25) is 0 Å². The van der Waals surface area contributed by atoms with E-state index in [9.17, 15) is 5.11 Å². The van der Waals surface area contributed by atoms with Crippen LogP contribution >= 0.6 is 0 Å². The number of hydrogen-bond acceptors (Lipinski definition) is 1. The van der Waals surface area contributed by atoms with Crippen LogP contribution in [0.3, 0.4) is 0 Å². The van der Waals surface area contributed by atoms with Crippen LogP contribution in [0.2, 0.25) is 0 Å². The maximum absolute atomic E-state index is 11.0. The molecule has 1 saturated carbocycles. The Bertz CT molecular complexity index is 359. The Balaban J connectivity index is 2.09. The summed E-state index contributed by atoms with van der Waals surface area (Å²) in [6.07, 6.45) is 6.67. The lowest BCUT2D eigenvalue weighted by molar-refractivity contribution is -0.0429. The second-order valence-corrected chi connectivity index (χ2v) is 6.09. The van der Waals surface area contributed by atoms with E-state index < -0.39 is 5.60 Å². The molecule has 0 aliphatic heterocycles. The first-order chi connectivity index (χ1) is 8.64. The summed E-state index contributed by atoms with van der Waals surface area (Å²) in [6, 6.07) is 10.4. The summed E-state index contributed by atoms with van der Waals surface area (Å²) < 4.78 is 0. The highest BCUT2D eigenvalue weighted by atomic mass is 16.3. The smallest absolute Gasteiger partial charge is 0.0713 e. The monoisotopic (exact) mass is 246 g/mol. The molecule has 0 aromatic heterocycles. The van der Waals surface area contributed by atoms with Crippen LogP contribution in [0, 0.1) is 11.8 Å². The van der Waals surface area contributed by atoms with Gasteiger partial charge in [-0.05, 0) is 36.7 Å². The lowest BCUT2D eigenvalue weighted by Crippen LogP contribution is -2.41. The van der Waals surface area contributed by atoms with E-state index in [-0.39, 0.29) is 0 Å². The van der Waals surface area contributed by atoms with Gasteiger partial charge in [-0.15, -0.1) is 0 Å². The lowest BCUT2D eigenvalue weighted by atomic mass is 9.70. The molecule has 0 amide bonds. The van der Waals surface area contributed by atoms with Gasteiger partial charge >= 0.3 is 0 Å². The fourth-order valence-corrected chi connectivity index (χ4v) is 3.43. The van der Waals surface area contributed by atoms with E-state index in [2.05, 4.69) is 38.1 Å². The first kappa shape index (κ1) is 13.6. The number of hydrogen-bond donors (Lipinski definition) is 1. The minimum atomic E-state index is -0.504. The van der Waals surface area contributed by atoms with E-state index in [1.807, 2.05) is 6.07 Å². The molecule has 0 saturated heterocycles. The largest absolute Gasteiger partial charge is 0.389 e. The van der Waals surface area contributed by atoms with Crippen molar-refractivity contribution in [1.29, 1.82) is 0 Å². The SMILES string of the molecule is CCC(O)(Cc1ccccc1)C1CCCC(C)C1. The van der Waals surface area contributed by atoms with E-state index in [0.29, 0.717) is 5.92 Å². The van der Waals surface area contributed by atoms with Crippen LogP contribution in [0.4, 0.5) is 0 Å². The van der Waals surface area contributed by atoms with Crippen LogP contribution in [-0.4, -0.2) is 10.7 Å². The normalized spacial score (nSPS) is 27.7. The first-order valence-corrected chi connectivity index (χ1v) is 7.40. The van der Waals surface area contributed by atoms with Crippen molar-refractivity contribution in [1.82, 2.24) is 0 Å². The third kappa shape index (κ3) is 3.14. The Morgan fingerprint density at radius 1 is 1.22 bits per heavy atom. The van der Waals surface area contributed by atoms with Crippen molar-refractivity contribution < 1.29 is 5.11 Å². The number of rotatable bonds is 4. The molecule has 2 rings (SSSR count). The highest BCUT2D eigenvalue weighted by Crippen LogP contribution is 2.39. The molecule has 3 atom stereocenters. The standard InChI is InChI=1S/C17H26O/c1-3-17(18,13-15-9-5-4-6-10-15)16-11-7-8-14(2)12-16/h4-6,9-10,14,16,18H,3,7-8,11-13H2,1-2H3. The zero-order valence-corrected chi connectivity index (χ0v) is 11.7. The van der Waals surface area contributed by atoms with E-state index in [1.165, 1.54) is 31.2 Å². The third-order valence-corrected chi connectivity index (χ3v) is 4.66. The molecule has 1 aromatic rings. The van der Waals surface area contributed by atoms with E-state index >= 15 is 0 Å². The van der Waals surface area contributed by atoms with Gasteiger partial charge in [-0.2, -0.15) is 0 Å². The van der Waals surface area contributed by atoms with Crippen LogP contribution in [-0.2, 0) is 6.42 Å². The van der Waals surface area contributed by atoms with Gasteiger partial charge in [0.1, 0.15) is 0 Å². The summed E-state index contributed by atoms with van der Waals surface area (Å²) >= 11 is 0. The lowest BCUT2D eigenvalue weighted by Gasteiger charge is -2.40. The summed E-state index contributed by atoms with van der Waals surface area (Å²) in [5, 5.41) is 11.0. The van der Waals surface area contributed by atoms with Crippen molar-refractivity contribution in [2.24, 2.45) is 11.8 Å². The van der Waals surface area contributed by atoms with Gasteiger partial charge in [0.05, 0.1) is 5.60 Å². The van der Waals surface area contributed by atoms with E-state index in [4.69, 9.17) is 0 Å². The van der Waals surface area contributed by atoms with Crippen LogP contribution in [0.5, 0.6) is 0 Å². The van der Waals surface area contributed by atoms with Crippen molar-refractivity contribution >= 4 is 0 Å². The van der Waals surface area contributed by atoms with Crippen LogP contribution in [0.15, 0.2) is 30.3 Å². The fourth-order valence-electron chi connectivity index (χ4n) is 3.43. The van der Waals surface area contributed by atoms with Gasteiger partial charge in [-0.25, -0.2) is 0 Å². The molecular weight excluding hydrogens is 220 g/mol. The molecule has 18 heavy (non-hydrogen) atoms. The molecule has 0 bridgehead atoms. The molecule has 1 fully saturated rings. The van der Waals surface area contributed by atoms with Crippen LogP contribution in [0.1, 0.15) is 51.5 Å². The molecule has 0 spiro atoms. The summed E-state index contributed by atoms with van der Waals surface area (Å²) in [7, 11) is 0. The highest BCUT2D eigenvalue weighted by molar-refractivity contribution is 5.17. The molecule has 1 N–H and O–H groups in total. The maximum atomic E-state index is 11.0. The fraction of sp³-hybridized carbons (Fsp3) is 0.647. The van der Waals surface area contributed by atoms with E-state index in [0.717, 1.165) is 18.8 Å². The Morgan fingerprint density at radius 2 is 1.94 bits per heavy atom. The second-order valence-electron chi connectivity index (χ2n) is 6.09. The number of benzene rings is 1. The molecule has 1 aliphatic carbocycles.